The topological polar surface area (TPSA) is 3.24 Å². The second-order valence-corrected chi connectivity index (χ2v) is 12.4. The molecule has 0 saturated heterocycles. The van der Waals surface area contributed by atoms with Crippen molar-refractivity contribution in [1.29, 1.82) is 0 Å². The number of hydrogen-bond acceptors (Lipinski definition) is 1. The SMILES string of the molecule is Cc1ccc(N(c2ccc(C=C(c3ccccc3)c3ccccc3)cc2)c2ccc(C=C(c3ccccc3)c3ccccc3)cc2)c(C)c1. The Morgan fingerprint density at radius 2 is 0.735 bits per heavy atom. The van der Waals surface area contributed by atoms with E-state index in [0.29, 0.717) is 0 Å². The minimum absolute atomic E-state index is 1.11. The molecule has 49 heavy (non-hydrogen) atoms. The normalized spacial score (nSPS) is 10.7. The molecule has 7 rings (SSSR count). The predicted molar refractivity (Wildman–Crippen MR) is 210 cm³/mol. The Morgan fingerprint density at radius 3 is 1.06 bits per heavy atom. The molecular formula is C48H39N. The summed E-state index contributed by atoms with van der Waals surface area (Å²) in [5, 5.41) is 0. The average Bonchev–Trinajstić information content (AvgIpc) is 3.16. The Balaban J connectivity index is 1.27. The minimum Gasteiger partial charge on any atom is -0.310 e. The third kappa shape index (κ3) is 7.38. The highest BCUT2D eigenvalue weighted by Gasteiger charge is 2.15. The quantitative estimate of drug-likeness (QED) is 0.144. The molecule has 0 fully saturated rings. The maximum atomic E-state index is 2.36. The van der Waals surface area contributed by atoms with Crippen molar-refractivity contribution in [3.05, 3.63) is 233 Å². The summed E-state index contributed by atoms with van der Waals surface area (Å²) in [4.78, 5) is 2.36. The van der Waals surface area contributed by atoms with Gasteiger partial charge in [0.2, 0.25) is 0 Å². The molecule has 0 heterocycles. The molecule has 0 saturated carbocycles. The van der Waals surface area contributed by atoms with Crippen LogP contribution in [0, 0.1) is 13.8 Å². The van der Waals surface area contributed by atoms with Crippen molar-refractivity contribution in [2.45, 2.75) is 13.8 Å². The van der Waals surface area contributed by atoms with Crippen LogP contribution in [0.3, 0.4) is 0 Å². The second-order valence-electron chi connectivity index (χ2n) is 12.4. The maximum Gasteiger partial charge on any atom is 0.0490 e. The highest BCUT2D eigenvalue weighted by atomic mass is 15.1. The number of nitrogens with zero attached hydrogens (tertiary/aromatic N) is 1. The lowest BCUT2D eigenvalue weighted by molar-refractivity contribution is 1.24. The Morgan fingerprint density at radius 1 is 0.388 bits per heavy atom. The van der Waals surface area contributed by atoms with Crippen LogP contribution >= 0.6 is 0 Å². The van der Waals surface area contributed by atoms with Gasteiger partial charge in [0.15, 0.2) is 0 Å². The zero-order valence-electron chi connectivity index (χ0n) is 28.0. The number of benzene rings is 7. The van der Waals surface area contributed by atoms with Crippen LogP contribution in [0.4, 0.5) is 17.1 Å². The summed E-state index contributed by atoms with van der Waals surface area (Å²) in [5.41, 5.74) is 15.4. The molecule has 1 nitrogen and oxygen atoms in total. The van der Waals surface area contributed by atoms with E-state index < -0.39 is 0 Å². The molecule has 0 aliphatic rings. The summed E-state index contributed by atoms with van der Waals surface area (Å²) in [6, 6.07) is 67.0. The van der Waals surface area contributed by atoms with E-state index in [0.717, 1.165) is 22.5 Å². The van der Waals surface area contributed by atoms with Crippen molar-refractivity contribution in [2.24, 2.45) is 0 Å². The monoisotopic (exact) mass is 629 g/mol. The zero-order chi connectivity index (χ0) is 33.4. The first-order chi connectivity index (χ1) is 24.1. The zero-order valence-corrected chi connectivity index (χ0v) is 28.0. The third-order valence-electron chi connectivity index (χ3n) is 8.86. The van der Waals surface area contributed by atoms with Gasteiger partial charge in [0.05, 0.1) is 0 Å². The van der Waals surface area contributed by atoms with Gasteiger partial charge in [-0.25, -0.2) is 0 Å². The van der Waals surface area contributed by atoms with E-state index >= 15 is 0 Å². The Kier molecular flexibility index (Phi) is 9.43. The van der Waals surface area contributed by atoms with Crippen molar-refractivity contribution in [3.63, 3.8) is 0 Å². The molecule has 0 radical (unpaired) electrons. The molecule has 0 amide bonds. The van der Waals surface area contributed by atoms with Gasteiger partial charge in [0.25, 0.3) is 0 Å². The number of rotatable bonds is 9. The molecule has 0 aliphatic carbocycles. The first-order valence-corrected chi connectivity index (χ1v) is 16.8. The fraction of sp³-hybridized carbons (Fsp3) is 0.0417. The molecule has 0 atom stereocenters. The van der Waals surface area contributed by atoms with Crippen LogP contribution in [-0.4, -0.2) is 0 Å². The molecule has 1 heteroatoms. The van der Waals surface area contributed by atoms with Crippen molar-refractivity contribution in [3.8, 4) is 0 Å². The summed E-state index contributed by atoms with van der Waals surface area (Å²) in [5.74, 6) is 0. The Labute approximate surface area is 290 Å². The summed E-state index contributed by atoms with van der Waals surface area (Å²) < 4.78 is 0. The summed E-state index contributed by atoms with van der Waals surface area (Å²) >= 11 is 0. The Hall–Kier alpha value is -6.18. The van der Waals surface area contributed by atoms with Crippen LogP contribution in [0.1, 0.15) is 44.5 Å². The van der Waals surface area contributed by atoms with Crippen molar-refractivity contribution < 1.29 is 0 Å². The van der Waals surface area contributed by atoms with Gasteiger partial charge in [-0.05, 0) is 106 Å². The van der Waals surface area contributed by atoms with Crippen LogP contribution in [0.15, 0.2) is 188 Å². The van der Waals surface area contributed by atoms with Gasteiger partial charge in [-0.2, -0.15) is 0 Å². The van der Waals surface area contributed by atoms with E-state index in [9.17, 15) is 0 Å². The van der Waals surface area contributed by atoms with Gasteiger partial charge in [0.1, 0.15) is 0 Å². The molecular weight excluding hydrogens is 591 g/mol. The standard InChI is InChI=1S/C48H39N/c1-36-23-32-48(37(2)33-36)49(44-28-24-38(25-29-44)34-46(40-15-7-3-8-16-40)41-17-9-4-10-18-41)45-30-26-39(27-31-45)35-47(42-19-11-5-12-20-42)43-21-13-6-14-22-43/h3-35H,1-2H3. The summed E-state index contributed by atoms with van der Waals surface area (Å²) in [7, 11) is 0. The van der Waals surface area contributed by atoms with E-state index in [1.165, 1.54) is 50.2 Å². The average molecular weight is 630 g/mol. The van der Waals surface area contributed by atoms with Crippen LogP contribution in [0.5, 0.6) is 0 Å². The molecule has 0 unspecified atom stereocenters. The van der Waals surface area contributed by atoms with Gasteiger partial charge in [0, 0.05) is 17.1 Å². The highest BCUT2D eigenvalue weighted by molar-refractivity contribution is 5.93. The summed E-state index contributed by atoms with van der Waals surface area (Å²) in [6.45, 7) is 4.35. The maximum absolute atomic E-state index is 2.36. The fourth-order valence-electron chi connectivity index (χ4n) is 6.39. The minimum atomic E-state index is 1.11. The van der Waals surface area contributed by atoms with Gasteiger partial charge in [-0.1, -0.05) is 163 Å². The van der Waals surface area contributed by atoms with Crippen LogP contribution < -0.4 is 4.90 Å². The molecule has 0 spiro atoms. The smallest absolute Gasteiger partial charge is 0.0490 e. The van der Waals surface area contributed by atoms with Crippen molar-refractivity contribution in [1.82, 2.24) is 0 Å². The van der Waals surface area contributed by atoms with Crippen molar-refractivity contribution in [2.75, 3.05) is 4.90 Å². The number of anilines is 3. The van der Waals surface area contributed by atoms with Crippen LogP contribution in [0.2, 0.25) is 0 Å². The Bertz CT molecular complexity index is 1960. The van der Waals surface area contributed by atoms with E-state index in [1.54, 1.807) is 0 Å². The molecule has 0 aliphatic heterocycles. The molecule has 0 aromatic heterocycles. The molecule has 236 valence electrons. The van der Waals surface area contributed by atoms with E-state index in [2.05, 4.69) is 219 Å². The molecule has 7 aromatic rings. The van der Waals surface area contributed by atoms with Crippen molar-refractivity contribution >= 4 is 40.4 Å². The lowest BCUT2D eigenvalue weighted by Gasteiger charge is -2.27. The number of hydrogen-bond donors (Lipinski definition) is 0. The predicted octanol–water partition coefficient (Wildman–Crippen LogP) is 13.0. The largest absolute Gasteiger partial charge is 0.310 e. The van der Waals surface area contributed by atoms with E-state index in [-0.39, 0.29) is 0 Å². The molecule has 0 bridgehead atoms. The van der Waals surface area contributed by atoms with Gasteiger partial charge >= 0.3 is 0 Å². The van der Waals surface area contributed by atoms with E-state index in [1.807, 2.05) is 0 Å². The van der Waals surface area contributed by atoms with Gasteiger partial charge in [-0.3, -0.25) is 0 Å². The third-order valence-corrected chi connectivity index (χ3v) is 8.86. The second kappa shape index (κ2) is 14.7. The highest BCUT2D eigenvalue weighted by Crippen LogP contribution is 2.38. The lowest BCUT2D eigenvalue weighted by Crippen LogP contribution is -2.11. The molecule has 7 aromatic carbocycles. The van der Waals surface area contributed by atoms with Gasteiger partial charge in [-0.15, -0.1) is 0 Å². The van der Waals surface area contributed by atoms with Crippen LogP contribution in [0.25, 0.3) is 23.3 Å². The first kappa shape index (κ1) is 31.4. The first-order valence-electron chi connectivity index (χ1n) is 16.8. The molecule has 0 N–H and O–H groups in total. The lowest BCUT2D eigenvalue weighted by atomic mass is 9.95. The fourth-order valence-corrected chi connectivity index (χ4v) is 6.39. The van der Waals surface area contributed by atoms with Gasteiger partial charge < -0.3 is 4.90 Å². The van der Waals surface area contributed by atoms with E-state index in [4.69, 9.17) is 0 Å². The van der Waals surface area contributed by atoms with Crippen LogP contribution in [-0.2, 0) is 0 Å². The summed E-state index contributed by atoms with van der Waals surface area (Å²) in [6.07, 6.45) is 4.57. The number of aryl methyl sites for hydroxylation is 2.